The summed E-state index contributed by atoms with van der Waals surface area (Å²) < 4.78 is 0. The monoisotopic (exact) mass is 416 g/mol. The zero-order valence-electron chi connectivity index (χ0n) is 18.6. The summed E-state index contributed by atoms with van der Waals surface area (Å²) in [7, 11) is 0. The Kier molecular flexibility index (Phi) is 4.38. The molecule has 1 N–H and O–H groups in total. The van der Waals surface area contributed by atoms with Crippen molar-refractivity contribution >= 4 is 0 Å². The van der Waals surface area contributed by atoms with Crippen LogP contribution in [-0.4, -0.2) is 5.11 Å². The summed E-state index contributed by atoms with van der Waals surface area (Å²) >= 11 is 0. The third-order valence-corrected chi connectivity index (χ3v) is 7.82. The van der Waals surface area contributed by atoms with Gasteiger partial charge in [-0.2, -0.15) is 0 Å². The first kappa shape index (κ1) is 19.5. The lowest BCUT2D eigenvalue weighted by Crippen LogP contribution is -2.46. The zero-order chi connectivity index (χ0) is 21.9. The number of hydrogen-bond donors (Lipinski definition) is 1. The van der Waals surface area contributed by atoms with Crippen molar-refractivity contribution in [2.75, 3.05) is 0 Å². The molecule has 0 spiro atoms. The van der Waals surface area contributed by atoms with Gasteiger partial charge in [0.2, 0.25) is 0 Å². The van der Waals surface area contributed by atoms with Crippen molar-refractivity contribution in [1.29, 1.82) is 0 Å². The molecule has 7 rings (SSSR count). The Morgan fingerprint density at radius 1 is 0.594 bits per heavy atom. The average Bonchev–Trinajstić information content (AvgIpc) is 2.84. The van der Waals surface area contributed by atoms with Crippen LogP contribution < -0.4 is 0 Å². The van der Waals surface area contributed by atoms with Crippen LogP contribution in [0.25, 0.3) is 0 Å². The smallest absolute Gasteiger partial charge is 0.118 e. The van der Waals surface area contributed by atoms with Crippen molar-refractivity contribution in [2.45, 2.75) is 37.7 Å². The fraction of sp³-hybridized carbons (Fsp3) is 0.226. The molecular formula is C31H28O. The quantitative estimate of drug-likeness (QED) is 0.388. The molecule has 1 nitrogen and oxygen atoms in total. The fourth-order valence-electron chi connectivity index (χ4n) is 6.26. The molecule has 0 aliphatic heterocycles. The molecule has 1 unspecified atom stereocenters. The highest BCUT2D eigenvalue weighted by atomic mass is 16.3. The summed E-state index contributed by atoms with van der Waals surface area (Å²) in [5.74, 6) is 0.544. The topological polar surface area (TPSA) is 20.2 Å². The number of rotatable bonds is 3. The van der Waals surface area contributed by atoms with Gasteiger partial charge >= 0.3 is 0 Å². The molecule has 3 aliphatic rings. The van der Waals surface area contributed by atoms with E-state index in [1.807, 2.05) is 0 Å². The first-order valence-electron chi connectivity index (χ1n) is 11.6. The van der Waals surface area contributed by atoms with Crippen LogP contribution in [0.1, 0.15) is 62.8 Å². The molecule has 2 bridgehead atoms. The van der Waals surface area contributed by atoms with Gasteiger partial charge in [0.25, 0.3) is 0 Å². The highest BCUT2D eigenvalue weighted by Gasteiger charge is 2.52. The Hall–Kier alpha value is -3.16. The highest BCUT2D eigenvalue weighted by Crippen LogP contribution is 2.60. The van der Waals surface area contributed by atoms with Gasteiger partial charge in [0.15, 0.2) is 0 Å². The summed E-state index contributed by atoms with van der Waals surface area (Å²) in [5.41, 5.74) is 8.95. The number of benzene rings is 4. The van der Waals surface area contributed by atoms with Gasteiger partial charge in [-0.15, -0.1) is 0 Å². The van der Waals surface area contributed by atoms with E-state index in [2.05, 4.69) is 111 Å². The van der Waals surface area contributed by atoms with Crippen molar-refractivity contribution < 1.29 is 5.11 Å². The van der Waals surface area contributed by atoms with Gasteiger partial charge in [0.1, 0.15) is 5.60 Å². The van der Waals surface area contributed by atoms with E-state index in [1.54, 1.807) is 0 Å². The minimum Gasteiger partial charge on any atom is -0.380 e. The molecule has 32 heavy (non-hydrogen) atoms. The van der Waals surface area contributed by atoms with Crippen molar-refractivity contribution in [1.82, 2.24) is 0 Å². The van der Waals surface area contributed by atoms with Crippen molar-refractivity contribution in [3.8, 4) is 0 Å². The van der Waals surface area contributed by atoms with Crippen LogP contribution in [0.15, 0.2) is 97.1 Å². The first-order valence-corrected chi connectivity index (χ1v) is 11.6. The van der Waals surface area contributed by atoms with E-state index in [-0.39, 0.29) is 11.8 Å². The molecule has 0 aromatic heterocycles. The standard InChI is InChI=1S/C31H28O/c1-20-11-15-22(16-12-20)31(32,23-17-13-21(2)14-18-23)29-19-28-24-7-3-5-9-26(24)30(29)27-10-6-4-8-25(27)28/h3-18,28-30,32H,19H2,1-2H3. The van der Waals surface area contributed by atoms with Crippen LogP contribution in [0.2, 0.25) is 0 Å². The van der Waals surface area contributed by atoms with Crippen LogP contribution >= 0.6 is 0 Å². The average molecular weight is 417 g/mol. The molecule has 0 amide bonds. The summed E-state index contributed by atoms with van der Waals surface area (Å²) in [6, 6.07) is 34.7. The molecule has 0 fully saturated rings. The van der Waals surface area contributed by atoms with Gasteiger partial charge in [-0.1, -0.05) is 108 Å². The van der Waals surface area contributed by atoms with E-state index in [1.165, 1.54) is 33.4 Å². The van der Waals surface area contributed by atoms with Crippen LogP contribution in [0.5, 0.6) is 0 Å². The van der Waals surface area contributed by atoms with Crippen molar-refractivity contribution in [3.05, 3.63) is 142 Å². The predicted molar refractivity (Wildman–Crippen MR) is 130 cm³/mol. The van der Waals surface area contributed by atoms with Crippen molar-refractivity contribution in [2.24, 2.45) is 5.92 Å². The summed E-state index contributed by atoms with van der Waals surface area (Å²) in [5, 5.41) is 12.7. The molecular weight excluding hydrogens is 388 g/mol. The SMILES string of the molecule is Cc1ccc(C(O)(c2ccc(C)cc2)C2CC3c4ccccc4C2c2ccccc23)cc1. The number of aliphatic hydroxyl groups is 1. The molecule has 1 heteroatoms. The van der Waals surface area contributed by atoms with Gasteiger partial charge in [-0.25, -0.2) is 0 Å². The molecule has 0 saturated heterocycles. The minimum atomic E-state index is -1.06. The molecule has 158 valence electrons. The van der Waals surface area contributed by atoms with Crippen LogP contribution in [0, 0.1) is 19.8 Å². The maximum Gasteiger partial charge on any atom is 0.118 e. The second-order valence-corrected chi connectivity index (χ2v) is 9.63. The maximum atomic E-state index is 12.7. The Balaban J connectivity index is 1.60. The van der Waals surface area contributed by atoms with Gasteiger partial charge in [-0.3, -0.25) is 0 Å². The molecule has 1 atom stereocenters. The number of hydrogen-bond acceptors (Lipinski definition) is 1. The van der Waals surface area contributed by atoms with E-state index in [0.717, 1.165) is 17.5 Å². The van der Waals surface area contributed by atoms with Gasteiger partial charge in [0.05, 0.1) is 0 Å². The molecule has 0 heterocycles. The number of aryl methyl sites for hydroxylation is 2. The summed E-state index contributed by atoms with van der Waals surface area (Å²) in [6.07, 6.45) is 0.941. The lowest BCUT2D eigenvalue weighted by Gasteiger charge is -2.51. The third-order valence-electron chi connectivity index (χ3n) is 7.82. The van der Waals surface area contributed by atoms with Crippen LogP contribution in [0.4, 0.5) is 0 Å². The highest BCUT2D eigenvalue weighted by molar-refractivity contribution is 5.57. The van der Waals surface area contributed by atoms with Crippen LogP contribution in [0.3, 0.4) is 0 Å². The summed E-state index contributed by atoms with van der Waals surface area (Å²) in [6.45, 7) is 4.20. The first-order chi connectivity index (χ1) is 15.6. The molecule has 4 aromatic carbocycles. The second-order valence-electron chi connectivity index (χ2n) is 9.63. The normalized spacial score (nSPS) is 21.2. The van der Waals surface area contributed by atoms with Gasteiger partial charge in [-0.05, 0) is 53.6 Å². The van der Waals surface area contributed by atoms with E-state index in [4.69, 9.17) is 0 Å². The Labute approximate surface area is 190 Å². The van der Waals surface area contributed by atoms with E-state index >= 15 is 0 Å². The number of fused-ring (bicyclic) bond motifs is 1. The Morgan fingerprint density at radius 3 is 1.44 bits per heavy atom. The predicted octanol–water partition coefficient (Wildman–Crippen LogP) is 6.84. The Morgan fingerprint density at radius 2 is 1.00 bits per heavy atom. The second kappa shape index (κ2) is 7.18. The van der Waals surface area contributed by atoms with Gasteiger partial charge in [0, 0.05) is 17.8 Å². The van der Waals surface area contributed by atoms with E-state index in [9.17, 15) is 5.11 Å². The Bertz CT molecular complexity index is 1190. The van der Waals surface area contributed by atoms with E-state index < -0.39 is 5.60 Å². The van der Waals surface area contributed by atoms with Crippen molar-refractivity contribution in [3.63, 3.8) is 0 Å². The van der Waals surface area contributed by atoms with E-state index in [0.29, 0.717) is 5.92 Å². The third kappa shape index (κ3) is 2.74. The van der Waals surface area contributed by atoms with Gasteiger partial charge < -0.3 is 5.11 Å². The lowest BCUT2D eigenvalue weighted by atomic mass is 9.53. The minimum absolute atomic E-state index is 0.0581. The van der Waals surface area contributed by atoms with Crippen LogP contribution in [-0.2, 0) is 5.60 Å². The lowest BCUT2D eigenvalue weighted by molar-refractivity contribution is -0.00434. The fourth-order valence-corrected chi connectivity index (χ4v) is 6.26. The zero-order valence-corrected chi connectivity index (χ0v) is 18.6. The largest absolute Gasteiger partial charge is 0.380 e. The summed E-state index contributed by atoms with van der Waals surface area (Å²) in [4.78, 5) is 0. The molecule has 0 radical (unpaired) electrons. The molecule has 4 aromatic rings. The molecule has 3 aliphatic carbocycles. The molecule has 0 saturated carbocycles. The maximum absolute atomic E-state index is 12.7.